The van der Waals surface area contributed by atoms with Crippen molar-refractivity contribution >= 4 is 19.8 Å². The van der Waals surface area contributed by atoms with E-state index in [0.717, 1.165) is 89.9 Å². The van der Waals surface area contributed by atoms with Crippen LogP contribution in [0.15, 0.2) is 109 Å². The summed E-state index contributed by atoms with van der Waals surface area (Å²) in [6.07, 6.45) is 84.7. The van der Waals surface area contributed by atoms with E-state index in [-0.39, 0.29) is 32.0 Å². The van der Waals surface area contributed by atoms with Gasteiger partial charge in [0.05, 0.1) is 27.7 Å². The Kier molecular flexibility index (Phi) is 57.8. The second-order valence-electron chi connectivity index (χ2n) is 22.8. The summed E-state index contributed by atoms with van der Waals surface area (Å²) in [4.78, 5) is 35.8. The van der Waals surface area contributed by atoms with Gasteiger partial charge in [0.25, 0.3) is 0 Å². The third kappa shape index (κ3) is 63.8. The van der Waals surface area contributed by atoms with E-state index in [0.29, 0.717) is 17.4 Å². The number of quaternary nitrogens is 1. The van der Waals surface area contributed by atoms with E-state index in [2.05, 4.69) is 123 Å². The highest BCUT2D eigenvalue weighted by Crippen LogP contribution is 2.43. The van der Waals surface area contributed by atoms with Crippen LogP contribution in [0.5, 0.6) is 0 Å². The summed E-state index contributed by atoms with van der Waals surface area (Å²) in [5, 5.41) is 0. The molecule has 0 saturated heterocycles. The molecule has 2 unspecified atom stereocenters. The van der Waals surface area contributed by atoms with Crippen LogP contribution in [0.25, 0.3) is 0 Å². The third-order valence-corrected chi connectivity index (χ3v) is 14.8. The first-order chi connectivity index (χ1) is 39.0. The van der Waals surface area contributed by atoms with E-state index in [1.54, 1.807) is 0 Å². The van der Waals surface area contributed by atoms with E-state index < -0.39 is 26.5 Å². The van der Waals surface area contributed by atoms with Gasteiger partial charge in [-0.05, 0) is 103 Å². The van der Waals surface area contributed by atoms with Gasteiger partial charge >= 0.3 is 19.8 Å². The van der Waals surface area contributed by atoms with Crippen LogP contribution in [-0.2, 0) is 32.7 Å². The molecule has 0 bridgehead atoms. The molecule has 0 rings (SSSR count). The number of phosphoric ester groups is 1. The van der Waals surface area contributed by atoms with Crippen molar-refractivity contribution in [1.82, 2.24) is 0 Å². The number of allylic oxidation sites excluding steroid dienone is 18. The maximum Gasteiger partial charge on any atom is 0.472 e. The van der Waals surface area contributed by atoms with E-state index >= 15 is 0 Å². The summed E-state index contributed by atoms with van der Waals surface area (Å²) in [7, 11) is 1.45. The number of likely N-dealkylation sites (N-methyl/N-ethyl adjacent to an activating group) is 1. The molecule has 0 aliphatic heterocycles. The number of hydrogen-bond acceptors (Lipinski definition) is 7. The standard InChI is InChI=1S/C70H122NO8P/c1-6-8-10-12-14-16-18-20-22-24-26-28-30-32-33-34-35-36-37-39-40-42-44-46-48-50-52-54-56-58-60-62-69(72)76-66-68(67-78-80(74,75)77-65-64-71(3,4)5)79-70(73)63-61-59-57-55-53-51-49-47-45-43-41-38-31-29-27-25-23-21-19-17-15-13-11-9-7-2/h9,11,15,17-18,20-21,23-24,26-27,29,38,41,45,47,51,53,68H,6-8,10,12-14,16,19,22,25,28,30-37,39-40,42-44,46,48-50,52,54-67H2,1-5H3/p+1/b11-9-,17-15-,20-18-,23-21-,26-24-,29-27-,41-38-,47-45-,53-51-. The summed E-state index contributed by atoms with van der Waals surface area (Å²) in [5.74, 6) is -0.835. The van der Waals surface area contributed by atoms with Gasteiger partial charge in [-0.1, -0.05) is 264 Å². The van der Waals surface area contributed by atoms with Crippen molar-refractivity contribution in [2.45, 2.75) is 277 Å². The van der Waals surface area contributed by atoms with E-state index in [4.69, 9.17) is 18.5 Å². The van der Waals surface area contributed by atoms with Crippen LogP contribution in [0, 0.1) is 0 Å². The lowest BCUT2D eigenvalue weighted by molar-refractivity contribution is -0.870. The van der Waals surface area contributed by atoms with Crippen LogP contribution in [0.4, 0.5) is 0 Å². The zero-order valence-electron chi connectivity index (χ0n) is 52.3. The van der Waals surface area contributed by atoms with Crippen LogP contribution in [0.2, 0.25) is 0 Å². The molecule has 80 heavy (non-hydrogen) atoms. The van der Waals surface area contributed by atoms with Crippen LogP contribution in [0.3, 0.4) is 0 Å². The summed E-state index contributed by atoms with van der Waals surface area (Å²) in [5.41, 5.74) is 0. The molecular weight excluding hydrogens is 1010 g/mol. The normalized spacial score (nSPS) is 13.9. The van der Waals surface area contributed by atoms with Crippen molar-refractivity contribution in [3.8, 4) is 0 Å². The van der Waals surface area contributed by atoms with Gasteiger partial charge in [-0.15, -0.1) is 0 Å². The van der Waals surface area contributed by atoms with Gasteiger partial charge in [-0.3, -0.25) is 18.6 Å². The van der Waals surface area contributed by atoms with Crippen molar-refractivity contribution in [3.05, 3.63) is 109 Å². The lowest BCUT2D eigenvalue weighted by Crippen LogP contribution is -2.37. The quantitative estimate of drug-likeness (QED) is 0.0211. The highest BCUT2D eigenvalue weighted by molar-refractivity contribution is 7.47. The van der Waals surface area contributed by atoms with Gasteiger partial charge in [0.2, 0.25) is 0 Å². The largest absolute Gasteiger partial charge is 0.472 e. The Labute approximate surface area is 493 Å². The van der Waals surface area contributed by atoms with E-state index in [1.807, 2.05) is 21.1 Å². The zero-order valence-corrected chi connectivity index (χ0v) is 53.2. The molecule has 0 spiro atoms. The SMILES string of the molecule is CC/C=C\C/C=C\C/C=C\C/C=C\C/C=C\C/C=C\C/C=C\CCCCCC(=O)OC(COC(=O)CCCCCCCCCCCCCCCCCCCCC/C=C\C/C=C\CCCCCCC)COP(=O)(O)OCC[N+](C)(C)C. The molecule has 0 aliphatic carbocycles. The molecule has 0 aromatic heterocycles. The number of esters is 2. The number of carbonyl (C=O) groups is 2. The number of unbranched alkanes of at least 4 members (excludes halogenated alkanes) is 27. The fraction of sp³-hybridized carbons (Fsp3) is 0.714. The first-order valence-electron chi connectivity index (χ1n) is 32.6. The number of carbonyl (C=O) groups excluding carboxylic acids is 2. The fourth-order valence-corrected chi connectivity index (χ4v) is 9.53. The van der Waals surface area contributed by atoms with Gasteiger partial charge in [-0.2, -0.15) is 0 Å². The summed E-state index contributed by atoms with van der Waals surface area (Å²) in [6, 6.07) is 0. The molecule has 9 nitrogen and oxygen atoms in total. The summed E-state index contributed by atoms with van der Waals surface area (Å²) < 4.78 is 34.6. The molecule has 0 saturated carbocycles. The number of hydrogen-bond donors (Lipinski definition) is 1. The Morgan fingerprint density at radius 3 is 1.07 bits per heavy atom. The molecule has 0 heterocycles. The van der Waals surface area contributed by atoms with Crippen LogP contribution >= 0.6 is 7.82 Å². The zero-order chi connectivity index (χ0) is 58.4. The minimum Gasteiger partial charge on any atom is -0.462 e. The maximum absolute atomic E-state index is 12.8. The summed E-state index contributed by atoms with van der Waals surface area (Å²) in [6.45, 7) is 4.28. The molecule has 0 amide bonds. The Balaban J connectivity index is 4.14. The molecule has 0 aliphatic rings. The molecule has 1 N–H and O–H groups in total. The Bertz CT molecular complexity index is 1720. The predicted molar refractivity (Wildman–Crippen MR) is 344 cm³/mol. The maximum atomic E-state index is 12.8. The molecule has 10 heteroatoms. The first kappa shape index (κ1) is 76.7. The average Bonchev–Trinajstić information content (AvgIpc) is 3.42. The lowest BCUT2D eigenvalue weighted by Gasteiger charge is -2.24. The monoisotopic (exact) mass is 1140 g/mol. The molecule has 2 atom stereocenters. The van der Waals surface area contributed by atoms with Crippen LogP contribution < -0.4 is 0 Å². The number of rotatable bonds is 59. The number of ether oxygens (including phenoxy) is 2. The highest BCUT2D eigenvalue weighted by atomic mass is 31.2. The topological polar surface area (TPSA) is 108 Å². The molecule has 460 valence electrons. The first-order valence-corrected chi connectivity index (χ1v) is 34.1. The molecule has 0 radical (unpaired) electrons. The van der Waals surface area contributed by atoms with Crippen molar-refractivity contribution in [1.29, 1.82) is 0 Å². The van der Waals surface area contributed by atoms with Crippen LogP contribution in [-0.4, -0.2) is 74.9 Å². The smallest absolute Gasteiger partial charge is 0.462 e. The third-order valence-electron chi connectivity index (χ3n) is 13.8. The van der Waals surface area contributed by atoms with Gasteiger partial charge in [-0.25, -0.2) is 4.57 Å². The van der Waals surface area contributed by atoms with Crippen molar-refractivity contribution in [2.24, 2.45) is 0 Å². The number of nitrogens with zero attached hydrogens (tertiary/aromatic N) is 1. The minimum absolute atomic E-state index is 0.0201. The fourth-order valence-electron chi connectivity index (χ4n) is 8.79. The van der Waals surface area contributed by atoms with Gasteiger partial charge in [0, 0.05) is 12.8 Å². The Morgan fingerprint density at radius 2 is 0.713 bits per heavy atom. The van der Waals surface area contributed by atoms with E-state index in [1.165, 1.54) is 148 Å². The summed E-state index contributed by atoms with van der Waals surface area (Å²) >= 11 is 0. The second kappa shape index (κ2) is 60.3. The number of phosphoric acid groups is 1. The van der Waals surface area contributed by atoms with Crippen molar-refractivity contribution < 1.29 is 42.1 Å². The predicted octanol–water partition coefficient (Wildman–Crippen LogP) is 20.9. The van der Waals surface area contributed by atoms with E-state index in [9.17, 15) is 19.0 Å². The second-order valence-corrected chi connectivity index (χ2v) is 24.2. The van der Waals surface area contributed by atoms with Gasteiger partial charge < -0.3 is 18.9 Å². The van der Waals surface area contributed by atoms with Gasteiger partial charge in [0.1, 0.15) is 19.8 Å². The van der Waals surface area contributed by atoms with Crippen molar-refractivity contribution in [3.63, 3.8) is 0 Å². The van der Waals surface area contributed by atoms with Crippen LogP contribution in [0.1, 0.15) is 271 Å². The molecular formula is C70H123NO8P+. The minimum atomic E-state index is -4.41. The Hall–Kier alpha value is -3.33. The van der Waals surface area contributed by atoms with Crippen molar-refractivity contribution in [2.75, 3.05) is 47.5 Å². The van der Waals surface area contributed by atoms with Gasteiger partial charge in [0.15, 0.2) is 6.10 Å². The molecule has 0 aromatic carbocycles. The average molecular weight is 1140 g/mol. The molecule has 0 fully saturated rings. The lowest BCUT2D eigenvalue weighted by atomic mass is 10.0. The highest BCUT2D eigenvalue weighted by Gasteiger charge is 2.27. The Morgan fingerprint density at radius 1 is 0.400 bits per heavy atom. The molecule has 0 aromatic rings.